The molecule has 0 spiro atoms. The molecule has 8 nitrogen and oxygen atoms in total. The van der Waals surface area contributed by atoms with Crippen molar-refractivity contribution in [3.05, 3.63) is 52.3 Å². The van der Waals surface area contributed by atoms with Gasteiger partial charge in [0, 0.05) is 24.3 Å². The predicted molar refractivity (Wildman–Crippen MR) is 109 cm³/mol. The molecule has 1 fully saturated rings. The number of hydrogen-bond acceptors (Lipinski definition) is 6. The molecule has 1 saturated heterocycles. The van der Waals surface area contributed by atoms with E-state index in [1.165, 1.54) is 35.5 Å². The lowest BCUT2D eigenvalue weighted by molar-refractivity contribution is 0.0473. The first-order chi connectivity index (χ1) is 14.1. The minimum absolute atomic E-state index is 0.117. The zero-order chi connectivity index (χ0) is 22.1. The molecule has 2 aromatic rings. The number of esters is 1. The third kappa shape index (κ3) is 4.22. The van der Waals surface area contributed by atoms with E-state index in [-0.39, 0.29) is 21.9 Å². The van der Waals surface area contributed by atoms with Crippen molar-refractivity contribution in [2.45, 2.75) is 38.5 Å². The quantitative estimate of drug-likeness (QED) is 0.531. The number of nitrogens with one attached hydrogen (secondary N) is 1. The number of sulfonamides is 1. The van der Waals surface area contributed by atoms with Gasteiger partial charge in [0.05, 0.1) is 16.2 Å². The summed E-state index contributed by atoms with van der Waals surface area (Å²) in [6, 6.07) is 5.47. The lowest BCUT2D eigenvalue weighted by Gasteiger charge is -2.15. The van der Waals surface area contributed by atoms with Gasteiger partial charge in [0.1, 0.15) is 0 Å². The Bertz CT molecular complexity index is 1090. The minimum Gasteiger partial charge on any atom is -0.454 e. The van der Waals surface area contributed by atoms with Gasteiger partial charge in [-0.15, -0.1) is 0 Å². The fraction of sp³-hybridized carbons (Fsp3) is 0.381. The Morgan fingerprint density at radius 3 is 2.20 bits per heavy atom. The zero-order valence-corrected chi connectivity index (χ0v) is 18.0. The Kier molecular flexibility index (Phi) is 6.23. The van der Waals surface area contributed by atoms with Gasteiger partial charge < -0.3 is 9.72 Å². The molecule has 0 saturated carbocycles. The molecule has 1 aliphatic heterocycles. The minimum atomic E-state index is -3.56. The largest absolute Gasteiger partial charge is 0.454 e. The van der Waals surface area contributed by atoms with E-state index in [4.69, 9.17) is 4.74 Å². The van der Waals surface area contributed by atoms with Gasteiger partial charge in [0.25, 0.3) is 0 Å². The SMILES string of the molecule is CC(=O)c1c(C)[nH]c(C(=O)COC(=O)c2ccc(S(=O)(=O)N3CCCC3)cc2)c1C. The van der Waals surface area contributed by atoms with Crippen molar-refractivity contribution in [1.29, 1.82) is 0 Å². The van der Waals surface area contributed by atoms with Crippen LogP contribution in [0.15, 0.2) is 29.2 Å². The Balaban J connectivity index is 1.66. The highest BCUT2D eigenvalue weighted by Gasteiger charge is 2.27. The van der Waals surface area contributed by atoms with Gasteiger partial charge in [-0.3, -0.25) is 9.59 Å². The van der Waals surface area contributed by atoms with Crippen LogP contribution in [0, 0.1) is 13.8 Å². The summed E-state index contributed by atoms with van der Waals surface area (Å²) in [6.07, 6.45) is 1.68. The zero-order valence-electron chi connectivity index (χ0n) is 17.1. The molecule has 3 rings (SSSR count). The molecule has 0 radical (unpaired) electrons. The number of ether oxygens (including phenoxy) is 1. The Hall–Kier alpha value is -2.78. The summed E-state index contributed by atoms with van der Waals surface area (Å²) in [6.45, 7) is 5.28. The fourth-order valence-electron chi connectivity index (χ4n) is 3.68. The second-order valence-corrected chi connectivity index (χ2v) is 9.25. The summed E-state index contributed by atoms with van der Waals surface area (Å²) >= 11 is 0. The predicted octanol–water partition coefficient (Wildman–Crippen LogP) is 2.66. The number of aromatic amines is 1. The third-order valence-electron chi connectivity index (χ3n) is 5.20. The van der Waals surface area contributed by atoms with Gasteiger partial charge in [-0.25, -0.2) is 13.2 Å². The average Bonchev–Trinajstić information content (AvgIpc) is 3.34. The van der Waals surface area contributed by atoms with Crippen molar-refractivity contribution >= 4 is 27.6 Å². The molecule has 30 heavy (non-hydrogen) atoms. The van der Waals surface area contributed by atoms with Crippen LogP contribution in [0.4, 0.5) is 0 Å². The average molecular weight is 432 g/mol. The van der Waals surface area contributed by atoms with Gasteiger partial charge in [0.15, 0.2) is 12.4 Å². The molecule has 1 aromatic heterocycles. The summed E-state index contributed by atoms with van der Waals surface area (Å²) in [5.74, 6) is -1.34. The number of benzene rings is 1. The normalized spacial score (nSPS) is 14.6. The van der Waals surface area contributed by atoms with E-state index >= 15 is 0 Å². The van der Waals surface area contributed by atoms with Crippen LogP contribution in [0.2, 0.25) is 0 Å². The molecule has 0 amide bonds. The second-order valence-electron chi connectivity index (χ2n) is 7.32. The first-order valence-corrected chi connectivity index (χ1v) is 11.1. The van der Waals surface area contributed by atoms with Crippen molar-refractivity contribution in [2.75, 3.05) is 19.7 Å². The number of aromatic nitrogens is 1. The van der Waals surface area contributed by atoms with Crippen LogP contribution in [-0.4, -0.2) is 54.9 Å². The number of carbonyl (C=O) groups is 3. The number of aryl methyl sites for hydroxylation is 1. The molecule has 2 heterocycles. The lowest BCUT2D eigenvalue weighted by atomic mass is 10.1. The maximum absolute atomic E-state index is 12.5. The molecule has 1 aliphatic rings. The summed E-state index contributed by atoms with van der Waals surface area (Å²) in [5, 5.41) is 0. The molecule has 1 N–H and O–H groups in total. The molecular weight excluding hydrogens is 408 g/mol. The highest BCUT2D eigenvalue weighted by atomic mass is 32.2. The smallest absolute Gasteiger partial charge is 0.338 e. The first-order valence-electron chi connectivity index (χ1n) is 9.63. The summed E-state index contributed by atoms with van der Waals surface area (Å²) in [4.78, 5) is 39.4. The van der Waals surface area contributed by atoms with Gasteiger partial charge in [-0.05, 0) is 63.4 Å². The van der Waals surface area contributed by atoms with Crippen LogP contribution < -0.4 is 0 Å². The summed E-state index contributed by atoms with van der Waals surface area (Å²) in [5.41, 5.74) is 1.95. The topological polar surface area (TPSA) is 114 Å². The first kappa shape index (κ1) is 21.9. The van der Waals surface area contributed by atoms with E-state index in [1.807, 2.05) is 0 Å². The molecular formula is C21H24N2O6S. The molecule has 0 aliphatic carbocycles. The van der Waals surface area contributed by atoms with E-state index < -0.39 is 28.4 Å². The van der Waals surface area contributed by atoms with Crippen molar-refractivity contribution in [3.63, 3.8) is 0 Å². The summed E-state index contributed by atoms with van der Waals surface area (Å²) in [7, 11) is -3.56. The van der Waals surface area contributed by atoms with E-state index in [0.29, 0.717) is 29.9 Å². The van der Waals surface area contributed by atoms with Crippen LogP contribution in [0.3, 0.4) is 0 Å². The van der Waals surface area contributed by atoms with Gasteiger partial charge in [-0.2, -0.15) is 4.31 Å². The number of H-pyrrole nitrogens is 1. The maximum atomic E-state index is 12.5. The molecule has 0 atom stereocenters. The van der Waals surface area contributed by atoms with Crippen LogP contribution in [-0.2, 0) is 14.8 Å². The van der Waals surface area contributed by atoms with E-state index in [0.717, 1.165) is 12.8 Å². The monoisotopic (exact) mass is 432 g/mol. The number of rotatable bonds is 7. The van der Waals surface area contributed by atoms with Crippen LogP contribution in [0.1, 0.15) is 62.2 Å². The molecule has 0 bridgehead atoms. The van der Waals surface area contributed by atoms with Crippen LogP contribution in [0.25, 0.3) is 0 Å². The van der Waals surface area contributed by atoms with E-state index in [1.54, 1.807) is 13.8 Å². The van der Waals surface area contributed by atoms with E-state index in [2.05, 4.69) is 4.98 Å². The van der Waals surface area contributed by atoms with Crippen LogP contribution in [0.5, 0.6) is 0 Å². The molecule has 160 valence electrons. The Morgan fingerprint density at radius 2 is 1.67 bits per heavy atom. The lowest BCUT2D eigenvalue weighted by Crippen LogP contribution is -2.27. The number of ketones is 2. The van der Waals surface area contributed by atoms with E-state index in [9.17, 15) is 22.8 Å². The number of hydrogen-bond donors (Lipinski definition) is 1. The highest BCUT2D eigenvalue weighted by molar-refractivity contribution is 7.89. The maximum Gasteiger partial charge on any atom is 0.338 e. The molecule has 1 aromatic carbocycles. The van der Waals surface area contributed by atoms with Crippen molar-refractivity contribution < 1.29 is 27.5 Å². The number of nitrogens with zero attached hydrogens (tertiary/aromatic N) is 1. The number of Topliss-reactive ketones (excluding diaryl/α,β-unsaturated/α-hetero) is 2. The molecule has 9 heteroatoms. The van der Waals surface area contributed by atoms with Crippen LogP contribution >= 0.6 is 0 Å². The number of carbonyl (C=O) groups excluding carboxylic acids is 3. The standard InChI is InChI=1S/C21H24N2O6S/c1-13-19(15(3)24)14(2)22-20(13)18(25)12-29-21(26)16-6-8-17(9-7-16)30(27,28)23-10-4-5-11-23/h6-9,22H,4-5,10-12H2,1-3H3. The van der Waals surface area contributed by atoms with Crippen molar-refractivity contribution in [2.24, 2.45) is 0 Å². The van der Waals surface area contributed by atoms with Crippen molar-refractivity contribution in [1.82, 2.24) is 9.29 Å². The Labute approximate surface area is 175 Å². The van der Waals surface area contributed by atoms with Crippen molar-refractivity contribution in [3.8, 4) is 0 Å². The van der Waals surface area contributed by atoms with Gasteiger partial charge in [0.2, 0.25) is 15.8 Å². The fourth-order valence-corrected chi connectivity index (χ4v) is 5.20. The highest BCUT2D eigenvalue weighted by Crippen LogP contribution is 2.22. The van der Waals surface area contributed by atoms with Gasteiger partial charge in [-0.1, -0.05) is 0 Å². The summed E-state index contributed by atoms with van der Waals surface area (Å²) < 4.78 is 31.6. The third-order valence-corrected chi connectivity index (χ3v) is 7.11. The van der Waals surface area contributed by atoms with Gasteiger partial charge >= 0.3 is 5.97 Å². The Morgan fingerprint density at radius 1 is 1.07 bits per heavy atom. The second kappa shape index (κ2) is 8.53. The molecule has 0 unspecified atom stereocenters.